The van der Waals surface area contributed by atoms with Crippen LogP contribution >= 0.6 is 11.8 Å². The molecule has 1 N–H and O–H groups in total. The Morgan fingerprint density at radius 2 is 1.76 bits per heavy atom. The van der Waals surface area contributed by atoms with Crippen LogP contribution in [0.25, 0.3) is 5.57 Å². The second kappa shape index (κ2) is 7.55. The van der Waals surface area contributed by atoms with Crippen molar-refractivity contribution in [3.63, 3.8) is 0 Å². The maximum Gasteiger partial charge on any atom is 0.172 e. The van der Waals surface area contributed by atoms with Gasteiger partial charge in [0.2, 0.25) is 0 Å². The molecular formula is C21H28O3S. The van der Waals surface area contributed by atoms with Crippen molar-refractivity contribution < 1.29 is 14.6 Å². The number of hydrogen-bond donors (Lipinski definition) is 1. The number of aryl methyl sites for hydroxylation is 3. The lowest BCUT2D eigenvalue weighted by molar-refractivity contribution is -0.121. The van der Waals surface area contributed by atoms with E-state index in [-0.39, 0.29) is 17.6 Å². The van der Waals surface area contributed by atoms with E-state index in [4.69, 9.17) is 4.74 Å². The second-order valence-electron chi connectivity index (χ2n) is 7.39. The quantitative estimate of drug-likeness (QED) is 0.879. The Labute approximate surface area is 154 Å². The Balaban J connectivity index is 1.93. The van der Waals surface area contributed by atoms with Crippen LogP contribution in [0, 0.1) is 32.6 Å². The van der Waals surface area contributed by atoms with E-state index < -0.39 is 6.10 Å². The van der Waals surface area contributed by atoms with Gasteiger partial charge in [-0.3, -0.25) is 4.79 Å². The molecule has 0 saturated carbocycles. The molecule has 0 aromatic heterocycles. The number of carbonyl (C=O) groups excluding carboxylic acids is 1. The first kappa shape index (κ1) is 18.5. The summed E-state index contributed by atoms with van der Waals surface area (Å²) in [7, 11) is 1.63. The smallest absolute Gasteiger partial charge is 0.172 e. The molecule has 1 aromatic rings. The molecule has 2 atom stereocenters. The van der Waals surface area contributed by atoms with Gasteiger partial charge in [-0.15, -0.1) is 0 Å². The molecule has 4 heteroatoms. The molecule has 3 rings (SSSR count). The summed E-state index contributed by atoms with van der Waals surface area (Å²) in [6.07, 6.45) is 1.94. The molecule has 0 radical (unpaired) electrons. The first-order valence-electron chi connectivity index (χ1n) is 9.09. The van der Waals surface area contributed by atoms with Crippen LogP contribution in [0.1, 0.15) is 41.5 Å². The molecular weight excluding hydrogens is 332 g/mol. The van der Waals surface area contributed by atoms with Crippen molar-refractivity contribution in [1.29, 1.82) is 0 Å². The highest BCUT2D eigenvalue weighted by Gasteiger charge is 2.42. The summed E-state index contributed by atoms with van der Waals surface area (Å²) in [5.74, 6) is 2.81. The highest BCUT2D eigenvalue weighted by molar-refractivity contribution is 7.99. The molecule has 25 heavy (non-hydrogen) atoms. The normalized spacial score (nSPS) is 23.2. The fourth-order valence-corrected chi connectivity index (χ4v) is 5.54. The van der Waals surface area contributed by atoms with Crippen molar-refractivity contribution in [2.75, 3.05) is 18.6 Å². The minimum absolute atomic E-state index is 0.0534. The van der Waals surface area contributed by atoms with Crippen LogP contribution in [0.4, 0.5) is 0 Å². The van der Waals surface area contributed by atoms with Gasteiger partial charge in [0.05, 0.1) is 24.7 Å². The Morgan fingerprint density at radius 3 is 2.32 bits per heavy atom. The number of carbonyl (C=O) groups is 1. The summed E-state index contributed by atoms with van der Waals surface area (Å²) < 4.78 is 5.60. The van der Waals surface area contributed by atoms with Gasteiger partial charge in [0.15, 0.2) is 5.78 Å². The number of rotatable bonds is 4. The van der Waals surface area contributed by atoms with Crippen molar-refractivity contribution in [2.24, 2.45) is 11.8 Å². The number of aliphatic hydroxyl groups is 1. The van der Waals surface area contributed by atoms with Crippen LogP contribution in [0.3, 0.4) is 0 Å². The first-order chi connectivity index (χ1) is 11.9. The lowest BCUT2D eigenvalue weighted by Crippen LogP contribution is -2.34. The molecule has 1 fully saturated rings. The van der Waals surface area contributed by atoms with E-state index in [9.17, 15) is 9.90 Å². The zero-order chi connectivity index (χ0) is 18.1. The maximum atomic E-state index is 13.2. The highest BCUT2D eigenvalue weighted by Crippen LogP contribution is 2.42. The molecule has 0 spiro atoms. The average molecular weight is 361 g/mol. The van der Waals surface area contributed by atoms with Crippen LogP contribution in [0.15, 0.2) is 17.9 Å². The van der Waals surface area contributed by atoms with E-state index >= 15 is 0 Å². The van der Waals surface area contributed by atoms with Crippen molar-refractivity contribution in [3.8, 4) is 0 Å². The van der Waals surface area contributed by atoms with Gasteiger partial charge in [-0.2, -0.15) is 11.8 Å². The fraction of sp³-hybridized carbons (Fsp3) is 0.571. The fourth-order valence-electron chi connectivity index (χ4n) is 4.40. The van der Waals surface area contributed by atoms with Gasteiger partial charge in [-0.1, -0.05) is 17.7 Å². The van der Waals surface area contributed by atoms with Gasteiger partial charge in [0.25, 0.3) is 0 Å². The lowest BCUT2D eigenvalue weighted by Gasteiger charge is -2.29. The molecule has 2 unspecified atom stereocenters. The van der Waals surface area contributed by atoms with Gasteiger partial charge < -0.3 is 9.84 Å². The number of ether oxygens (including phenoxy) is 1. The van der Waals surface area contributed by atoms with Gasteiger partial charge >= 0.3 is 0 Å². The van der Waals surface area contributed by atoms with Crippen LogP contribution in [-0.2, 0) is 9.53 Å². The van der Waals surface area contributed by atoms with Gasteiger partial charge in [0, 0.05) is 6.42 Å². The van der Waals surface area contributed by atoms with E-state index in [1.54, 1.807) is 7.11 Å². The number of Topliss-reactive ketones (excluding diaryl/α,β-unsaturated/α-hetero) is 1. The molecule has 136 valence electrons. The number of methoxy groups -OCH3 is 1. The number of ketones is 1. The molecule has 1 saturated heterocycles. The van der Waals surface area contributed by atoms with E-state index in [2.05, 4.69) is 19.1 Å². The third-order valence-corrected chi connectivity index (χ3v) is 6.65. The molecule has 0 bridgehead atoms. The molecule has 2 aliphatic rings. The highest BCUT2D eigenvalue weighted by atomic mass is 32.2. The Morgan fingerprint density at radius 1 is 1.16 bits per heavy atom. The van der Waals surface area contributed by atoms with Crippen LogP contribution < -0.4 is 0 Å². The SMILES string of the molecule is COC1=C(c2c(C)cc(C)cc2C)C(=O)C(C(O)C2CCSCC2)C1. The molecule has 1 aliphatic carbocycles. The van der Waals surface area contributed by atoms with Crippen molar-refractivity contribution >= 4 is 23.1 Å². The number of aliphatic hydroxyl groups excluding tert-OH is 1. The number of thioether (sulfide) groups is 1. The Bertz CT molecular complexity index is 678. The zero-order valence-corrected chi connectivity index (χ0v) is 16.4. The van der Waals surface area contributed by atoms with E-state index in [1.165, 1.54) is 5.56 Å². The zero-order valence-electron chi connectivity index (χ0n) is 15.6. The van der Waals surface area contributed by atoms with Crippen molar-refractivity contribution in [3.05, 3.63) is 40.1 Å². The van der Waals surface area contributed by atoms with Crippen LogP contribution in [0.2, 0.25) is 0 Å². The number of benzene rings is 1. The summed E-state index contributed by atoms with van der Waals surface area (Å²) in [5.41, 5.74) is 5.06. The van der Waals surface area contributed by atoms with E-state index in [0.717, 1.165) is 46.8 Å². The summed E-state index contributed by atoms with van der Waals surface area (Å²) in [6.45, 7) is 6.16. The van der Waals surface area contributed by atoms with Crippen molar-refractivity contribution in [1.82, 2.24) is 0 Å². The summed E-state index contributed by atoms with van der Waals surface area (Å²) in [6, 6.07) is 4.22. The number of allylic oxidation sites excluding steroid dienone is 2. The molecule has 1 heterocycles. The lowest BCUT2D eigenvalue weighted by atomic mass is 9.83. The molecule has 1 aromatic carbocycles. The topological polar surface area (TPSA) is 46.5 Å². The van der Waals surface area contributed by atoms with Crippen molar-refractivity contribution in [2.45, 2.75) is 46.1 Å². The van der Waals surface area contributed by atoms with Crippen LogP contribution in [0.5, 0.6) is 0 Å². The average Bonchev–Trinajstić information content (AvgIpc) is 2.91. The second-order valence-corrected chi connectivity index (χ2v) is 8.62. The third-order valence-electron chi connectivity index (χ3n) is 5.60. The minimum atomic E-state index is -0.567. The summed E-state index contributed by atoms with van der Waals surface area (Å²) in [4.78, 5) is 13.2. The molecule has 0 amide bonds. The third kappa shape index (κ3) is 3.52. The molecule has 1 aliphatic heterocycles. The first-order valence-corrected chi connectivity index (χ1v) is 10.2. The van der Waals surface area contributed by atoms with E-state index in [0.29, 0.717) is 12.0 Å². The predicted octanol–water partition coefficient (Wildman–Crippen LogP) is 4.06. The largest absolute Gasteiger partial charge is 0.500 e. The summed E-state index contributed by atoms with van der Waals surface area (Å²) >= 11 is 1.94. The molecule has 3 nitrogen and oxygen atoms in total. The monoisotopic (exact) mass is 360 g/mol. The maximum absolute atomic E-state index is 13.2. The minimum Gasteiger partial charge on any atom is -0.500 e. The predicted molar refractivity (Wildman–Crippen MR) is 104 cm³/mol. The van der Waals surface area contributed by atoms with Gasteiger partial charge in [-0.25, -0.2) is 0 Å². The van der Waals surface area contributed by atoms with E-state index in [1.807, 2.05) is 25.6 Å². The Kier molecular flexibility index (Phi) is 5.59. The van der Waals surface area contributed by atoms with Gasteiger partial charge in [0.1, 0.15) is 5.76 Å². The van der Waals surface area contributed by atoms with Crippen LogP contribution in [-0.4, -0.2) is 35.6 Å². The summed E-state index contributed by atoms with van der Waals surface area (Å²) in [5, 5.41) is 10.9. The van der Waals surface area contributed by atoms with Gasteiger partial charge in [-0.05, 0) is 67.7 Å². The number of hydrogen-bond acceptors (Lipinski definition) is 4. The Hall–Kier alpha value is -1.26. The standard InChI is InChI=1S/C21H28O3S/c1-12-9-13(2)18(14(3)10-12)19-17(24-4)11-16(21(19)23)20(22)15-5-7-25-8-6-15/h9-10,15-16,20,22H,5-8,11H2,1-4H3.